The van der Waals surface area contributed by atoms with Crippen molar-refractivity contribution in [2.45, 2.75) is 34.6 Å². The van der Waals surface area contributed by atoms with Crippen molar-refractivity contribution >= 4 is 27.5 Å². The average Bonchev–Trinajstić information content (AvgIpc) is 2.83. The Morgan fingerprint density at radius 1 is 1.08 bits per heavy atom. The van der Waals surface area contributed by atoms with E-state index in [4.69, 9.17) is 9.47 Å². The summed E-state index contributed by atoms with van der Waals surface area (Å²) in [5.74, 6) is 1.46. The Morgan fingerprint density at radius 2 is 1.76 bits per heavy atom. The smallest absolute Gasteiger partial charge is 0.348 e. The number of carbonyl (C=O) groups is 1. The number of aryl methyl sites for hydroxylation is 4. The Kier molecular flexibility index (Phi) is 4.72. The van der Waals surface area contributed by atoms with Crippen LogP contribution < -0.4 is 4.74 Å². The van der Waals surface area contributed by atoms with Gasteiger partial charge in [-0.1, -0.05) is 6.07 Å². The van der Waals surface area contributed by atoms with Crippen molar-refractivity contribution in [1.82, 2.24) is 9.97 Å². The van der Waals surface area contributed by atoms with E-state index in [1.807, 2.05) is 39.8 Å². The summed E-state index contributed by atoms with van der Waals surface area (Å²) in [5.41, 5.74) is 3.02. The summed E-state index contributed by atoms with van der Waals surface area (Å²) < 4.78 is 11.2. The van der Waals surface area contributed by atoms with E-state index >= 15 is 0 Å². The van der Waals surface area contributed by atoms with Crippen LogP contribution in [0.3, 0.4) is 0 Å². The number of rotatable bonds is 4. The first-order chi connectivity index (χ1) is 11.9. The molecule has 0 aliphatic carbocycles. The minimum absolute atomic E-state index is 0.335. The lowest BCUT2D eigenvalue weighted by Crippen LogP contribution is -2.03. The van der Waals surface area contributed by atoms with Gasteiger partial charge in [0.1, 0.15) is 21.3 Å². The van der Waals surface area contributed by atoms with E-state index in [0.717, 1.165) is 32.7 Å². The lowest BCUT2D eigenvalue weighted by atomic mass is 10.1. The summed E-state index contributed by atoms with van der Waals surface area (Å²) >= 11 is 1.31. The number of hydrogen-bond acceptors (Lipinski definition) is 6. The predicted octanol–water partition coefficient (Wildman–Crippen LogP) is 4.89. The number of hydrogen-bond donors (Lipinski definition) is 0. The van der Waals surface area contributed by atoms with Gasteiger partial charge in [0, 0.05) is 0 Å². The van der Waals surface area contributed by atoms with Gasteiger partial charge in [0.15, 0.2) is 0 Å². The summed E-state index contributed by atoms with van der Waals surface area (Å²) in [6, 6.07) is 6.01. The third-order valence-electron chi connectivity index (χ3n) is 3.74. The molecule has 0 amide bonds. The molecule has 2 aromatic heterocycles. The molecular formula is C19H20N2O3S. The molecule has 0 spiro atoms. The summed E-state index contributed by atoms with van der Waals surface area (Å²) in [7, 11) is 0. The van der Waals surface area contributed by atoms with Crippen molar-refractivity contribution in [2.75, 3.05) is 6.61 Å². The molecule has 0 fully saturated rings. The molecule has 130 valence electrons. The van der Waals surface area contributed by atoms with E-state index < -0.39 is 0 Å². The van der Waals surface area contributed by atoms with Crippen LogP contribution in [0.5, 0.6) is 11.6 Å². The van der Waals surface area contributed by atoms with Crippen molar-refractivity contribution in [3.63, 3.8) is 0 Å². The van der Waals surface area contributed by atoms with Gasteiger partial charge < -0.3 is 9.47 Å². The van der Waals surface area contributed by atoms with Crippen molar-refractivity contribution in [3.05, 3.63) is 45.6 Å². The average molecular weight is 356 g/mol. The van der Waals surface area contributed by atoms with E-state index in [9.17, 15) is 4.79 Å². The van der Waals surface area contributed by atoms with Gasteiger partial charge in [-0.2, -0.15) is 4.98 Å². The Balaban J connectivity index is 2.12. The predicted molar refractivity (Wildman–Crippen MR) is 98.8 cm³/mol. The fourth-order valence-electron chi connectivity index (χ4n) is 2.77. The number of benzene rings is 1. The second kappa shape index (κ2) is 6.80. The lowest BCUT2D eigenvalue weighted by molar-refractivity contribution is 0.0531. The molecule has 0 radical (unpaired) electrons. The molecule has 0 aliphatic rings. The lowest BCUT2D eigenvalue weighted by Gasteiger charge is -2.09. The van der Waals surface area contributed by atoms with Gasteiger partial charge in [0.2, 0.25) is 5.88 Å². The van der Waals surface area contributed by atoms with Crippen LogP contribution in [0.2, 0.25) is 0 Å². The largest absolute Gasteiger partial charge is 0.462 e. The highest BCUT2D eigenvalue weighted by Crippen LogP contribution is 2.37. The molecule has 6 heteroatoms. The molecule has 2 heterocycles. The van der Waals surface area contributed by atoms with Crippen LogP contribution in [0.25, 0.3) is 10.2 Å². The third kappa shape index (κ3) is 3.49. The maximum absolute atomic E-state index is 12.2. The highest BCUT2D eigenvalue weighted by molar-refractivity contribution is 7.20. The summed E-state index contributed by atoms with van der Waals surface area (Å²) in [5, 5.41) is 0.762. The molecule has 5 nitrogen and oxygen atoms in total. The number of fused-ring (bicyclic) bond motifs is 1. The van der Waals surface area contributed by atoms with Gasteiger partial charge in [0.25, 0.3) is 0 Å². The molecule has 0 unspecified atom stereocenters. The topological polar surface area (TPSA) is 61.3 Å². The summed E-state index contributed by atoms with van der Waals surface area (Å²) in [4.78, 5) is 22.4. The molecule has 3 rings (SSSR count). The van der Waals surface area contributed by atoms with Gasteiger partial charge in [0.05, 0.1) is 12.0 Å². The van der Waals surface area contributed by atoms with Crippen LogP contribution in [0.1, 0.15) is 39.1 Å². The number of ether oxygens (including phenoxy) is 2. The Labute approximate surface area is 150 Å². The van der Waals surface area contributed by atoms with Crippen LogP contribution in [-0.4, -0.2) is 22.5 Å². The summed E-state index contributed by atoms with van der Waals surface area (Å²) in [6.07, 6.45) is 0. The van der Waals surface area contributed by atoms with Crippen LogP contribution in [0.4, 0.5) is 0 Å². The van der Waals surface area contributed by atoms with Gasteiger partial charge in [-0.25, -0.2) is 9.78 Å². The standard InChI is InChI=1S/C19H20N2O3S/c1-6-23-19(22)16-12(4)15-17(20-13(5)21-18(15)25-16)24-14-8-10(2)7-11(3)9-14/h7-9H,6H2,1-5H3. The molecule has 0 aliphatic heterocycles. The number of nitrogens with zero attached hydrogens (tertiary/aromatic N) is 2. The highest BCUT2D eigenvalue weighted by atomic mass is 32.1. The van der Waals surface area contributed by atoms with Gasteiger partial charge in [-0.3, -0.25) is 0 Å². The fourth-order valence-corrected chi connectivity index (χ4v) is 3.88. The number of carbonyl (C=O) groups excluding carboxylic acids is 1. The van der Waals surface area contributed by atoms with Crippen LogP contribution in [0, 0.1) is 27.7 Å². The zero-order chi connectivity index (χ0) is 18.1. The first-order valence-corrected chi connectivity index (χ1v) is 8.91. The number of thiophene rings is 1. The van der Waals surface area contributed by atoms with Crippen molar-refractivity contribution < 1.29 is 14.3 Å². The first kappa shape index (κ1) is 17.4. The molecule has 0 N–H and O–H groups in total. The first-order valence-electron chi connectivity index (χ1n) is 8.10. The number of aromatic nitrogens is 2. The second-order valence-electron chi connectivity index (χ2n) is 5.96. The van der Waals surface area contributed by atoms with E-state index in [2.05, 4.69) is 16.0 Å². The molecule has 1 aromatic carbocycles. The van der Waals surface area contributed by atoms with Crippen LogP contribution in [0.15, 0.2) is 18.2 Å². The molecule has 0 atom stereocenters. The highest BCUT2D eigenvalue weighted by Gasteiger charge is 2.22. The minimum Gasteiger partial charge on any atom is -0.462 e. The zero-order valence-electron chi connectivity index (χ0n) is 15.0. The van der Waals surface area contributed by atoms with Crippen molar-refractivity contribution in [2.24, 2.45) is 0 Å². The number of esters is 1. The molecule has 0 saturated heterocycles. The van der Waals surface area contributed by atoms with Crippen molar-refractivity contribution in [1.29, 1.82) is 0 Å². The Bertz CT molecular complexity index is 943. The van der Waals surface area contributed by atoms with Gasteiger partial charge in [-0.05, 0) is 63.4 Å². The SMILES string of the molecule is CCOC(=O)c1sc2nc(C)nc(Oc3cc(C)cc(C)c3)c2c1C. The second-order valence-corrected chi connectivity index (χ2v) is 6.96. The normalized spacial score (nSPS) is 10.9. The molecule has 0 saturated carbocycles. The van der Waals surface area contributed by atoms with Crippen molar-refractivity contribution in [3.8, 4) is 11.6 Å². The minimum atomic E-state index is -0.335. The zero-order valence-corrected chi connectivity index (χ0v) is 15.8. The molecule has 0 bridgehead atoms. The molecule has 25 heavy (non-hydrogen) atoms. The quantitative estimate of drug-likeness (QED) is 0.623. The van der Waals surface area contributed by atoms with E-state index in [0.29, 0.717) is 23.2 Å². The maximum atomic E-state index is 12.2. The monoisotopic (exact) mass is 356 g/mol. The maximum Gasteiger partial charge on any atom is 0.348 e. The van der Waals surface area contributed by atoms with E-state index in [1.165, 1.54) is 11.3 Å². The Hall–Kier alpha value is -2.47. The third-order valence-corrected chi connectivity index (χ3v) is 4.91. The Morgan fingerprint density at radius 3 is 2.40 bits per heavy atom. The van der Waals surface area contributed by atoms with Crippen LogP contribution >= 0.6 is 11.3 Å². The van der Waals surface area contributed by atoms with Gasteiger partial charge >= 0.3 is 5.97 Å². The van der Waals surface area contributed by atoms with Crippen LogP contribution in [-0.2, 0) is 4.74 Å². The van der Waals surface area contributed by atoms with E-state index in [1.54, 1.807) is 6.92 Å². The van der Waals surface area contributed by atoms with Gasteiger partial charge in [-0.15, -0.1) is 11.3 Å². The summed E-state index contributed by atoms with van der Waals surface area (Å²) in [6.45, 7) is 9.86. The molecular weight excluding hydrogens is 336 g/mol. The fraction of sp³-hybridized carbons (Fsp3) is 0.316. The van der Waals surface area contributed by atoms with E-state index in [-0.39, 0.29) is 5.97 Å². The molecule has 3 aromatic rings.